The molecule has 2 rings (SSSR count). The molecule has 1 aliphatic heterocycles. The summed E-state index contributed by atoms with van der Waals surface area (Å²) < 4.78 is 0. The van der Waals surface area contributed by atoms with Crippen molar-refractivity contribution in [1.29, 1.82) is 0 Å². The van der Waals surface area contributed by atoms with Gasteiger partial charge in [-0.05, 0) is 6.07 Å². The van der Waals surface area contributed by atoms with Crippen LogP contribution in [0.3, 0.4) is 0 Å². The monoisotopic (exact) mass is 182 g/mol. The molecule has 0 aromatic carbocycles. The molecule has 0 saturated carbocycles. The normalized spacial score (nSPS) is 15.2. The molecule has 4 heteroatoms. The first kappa shape index (κ1) is 7.55. The van der Waals surface area contributed by atoms with Gasteiger partial charge >= 0.3 is 0 Å². The molecule has 0 atom stereocenters. The lowest BCUT2D eigenvalue weighted by molar-refractivity contribution is 0.0816. The topological polar surface area (TPSA) is 33.2 Å². The molecule has 3 nitrogen and oxygen atoms in total. The third-order valence-electron chi connectivity index (χ3n) is 1.93. The second kappa shape index (κ2) is 2.45. The Hall–Kier alpha value is -1.09. The van der Waals surface area contributed by atoms with Crippen molar-refractivity contribution in [2.45, 2.75) is 6.54 Å². The van der Waals surface area contributed by atoms with E-state index in [0.29, 0.717) is 17.1 Å². The van der Waals surface area contributed by atoms with Crippen LogP contribution in [0, 0.1) is 0 Å². The molecule has 0 bridgehead atoms. The van der Waals surface area contributed by atoms with Gasteiger partial charge in [0.15, 0.2) is 0 Å². The lowest BCUT2D eigenvalue weighted by Crippen LogP contribution is -2.17. The van der Waals surface area contributed by atoms with Crippen LogP contribution in [0.1, 0.15) is 16.1 Å². The van der Waals surface area contributed by atoms with Gasteiger partial charge in [-0.1, -0.05) is 11.6 Å². The molecular weight excluding hydrogens is 176 g/mol. The molecular formula is C8H7ClN2O. The fraction of sp³-hybridized carbons (Fsp3) is 0.250. The summed E-state index contributed by atoms with van der Waals surface area (Å²) in [5.41, 5.74) is 1.33. The molecule has 1 amide bonds. The van der Waals surface area contributed by atoms with Crippen LogP contribution in [-0.4, -0.2) is 22.8 Å². The van der Waals surface area contributed by atoms with E-state index >= 15 is 0 Å². The van der Waals surface area contributed by atoms with Gasteiger partial charge in [0.05, 0.1) is 22.8 Å². The van der Waals surface area contributed by atoms with Crippen molar-refractivity contribution in [3.63, 3.8) is 0 Å². The number of hydrogen-bond acceptors (Lipinski definition) is 2. The maximum absolute atomic E-state index is 11.4. The number of pyridine rings is 1. The number of aromatic nitrogens is 1. The quantitative estimate of drug-likeness (QED) is 0.607. The van der Waals surface area contributed by atoms with E-state index in [9.17, 15) is 4.79 Å². The number of carbonyl (C=O) groups excluding carboxylic acids is 1. The number of hydrogen-bond donors (Lipinski definition) is 0. The Morgan fingerprint density at radius 1 is 1.67 bits per heavy atom. The van der Waals surface area contributed by atoms with E-state index in [2.05, 4.69) is 4.98 Å². The molecule has 0 fully saturated rings. The van der Waals surface area contributed by atoms with E-state index in [0.717, 1.165) is 5.69 Å². The predicted molar refractivity (Wildman–Crippen MR) is 45.0 cm³/mol. The van der Waals surface area contributed by atoms with Gasteiger partial charge < -0.3 is 4.90 Å². The van der Waals surface area contributed by atoms with E-state index in [1.165, 1.54) is 0 Å². The summed E-state index contributed by atoms with van der Waals surface area (Å²) >= 11 is 5.84. The molecule has 0 N–H and O–H groups in total. The first-order valence-electron chi connectivity index (χ1n) is 3.59. The molecule has 2 heterocycles. The van der Waals surface area contributed by atoms with Gasteiger partial charge in [-0.15, -0.1) is 0 Å². The van der Waals surface area contributed by atoms with Crippen LogP contribution in [0.4, 0.5) is 0 Å². The van der Waals surface area contributed by atoms with Crippen molar-refractivity contribution >= 4 is 17.5 Å². The largest absolute Gasteiger partial charge is 0.336 e. The van der Waals surface area contributed by atoms with Gasteiger partial charge in [0.25, 0.3) is 5.91 Å². The molecule has 0 unspecified atom stereocenters. The van der Waals surface area contributed by atoms with Gasteiger partial charge in [0.1, 0.15) is 0 Å². The number of nitrogens with zero attached hydrogens (tertiary/aromatic N) is 2. The summed E-state index contributed by atoms with van der Waals surface area (Å²) in [6.07, 6.45) is 1.62. The second-order valence-corrected chi connectivity index (χ2v) is 3.18. The van der Waals surface area contributed by atoms with E-state index < -0.39 is 0 Å². The van der Waals surface area contributed by atoms with E-state index in [-0.39, 0.29) is 5.91 Å². The van der Waals surface area contributed by atoms with Crippen LogP contribution in [0.25, 0.3) is 0 Å². The van der Waals surface area contributed by atoms with Crippen LogP contribution >= 0.6 is 11.6 Å². The Labute approximate surface area is 75.0 Å². The highest BCUT2D eigenvalue weighted by Crippen LogP contribution is 2.25. The molecule has 0 radical (unpaired) electrons. The maximum atomic E-state index is 11.4. The van der Waals surface area contributed by atoms with E-state index in [1.807, 2.05) is 0 Å². The minimum atomic E-state index is -0.0388. The van der Waals surface area contributed by atoms with Crippen molar-refractivity contribution in [3.05, 3.63) is 28.5 Å². The SMILES string of the molecule is CN1Cc2nccc(Cl)c2C1=O. The second-order valence-electron chi connectivity index (χ2n) is 2.78. The lowest BCUT2D eigenvalue weighted by Gasteiger charge is -2.04. The fourth-order valence-electron chi connectivity index (χ4n) is 1.31. The Morgan fingerprint density at radius 3 is 3.08 bits per heavy atom. The summed E-state index contributed by atoms with van der Waals surface area (Å²) in [7, 11) is 1.74. The first-order chi connectivity index (χ1) is 5.70. The summed E-state index contributed by atoms with van der Waals surface area (Å²) in [6, 6.07) is 1.64. The number of amides is 1. The minimum absolute atomic E-state index is 0.0388. The molecule has 0 spiro atoms. The van der Waals surface area contributed by atoms with Gasteiger partial charge in [-0.3, -0.25) is 9.78 Å². The average Bonchev–Trinajstić information content (AvgIpc) is 2.29. The van der Waals surface area contributed by atoms with Crippen LogP contribution in [0.2, 0.25) is 5.02 Å². The number of carbonyl (C=O) groups is 1. The predicted octanol–water partition coefficient (Wildman–Crippen LogP) is 1.32. The Bertz CT molecular complexity index is 351. The van der Waals surface area contributed by atoms with E-state index in [1.54, 1.807) is 24.2 Å². The maximum Gasteiger partial charge on any atom is 0.257 e. The third-order valence-corrected chi connectivity index (χ3v) is 2.24. The van der Waals surface area contributed by atoms with Crippen molar-refractivity contribution in [1.82, 2.24) is 9.88 Å². The van der Waals surface area contributed by atoms with Crippen LogP contribution in [-0.2, 0) is 6.54 Å². The van der Waals surface area contributed by atoms with Crippen molar-refractivity contribution in [2.75, 3.05) is 7.05 Å². The fourth-order valence-corrected chi connectivity index (χ4v) is 1.56. The van der Waals surface area contributed by atoms with Crippen LogP contribution < -0.4 is 0 Å². The highest BCUT2D eigenvalue weighted by molar-refractivity contribution is 6.34. The van der Waals surface area contributed by atoms with Gasteiger partial charge in [0.2, 0.25) is 0 Å². The Kier molecular flexibility index (Phi) is 1.54. The summed E-state index contributed by atoms with van der Waals surface area (Å²) in [5.74, 6) is -0.0388. The van der Waals surface area contributed by atoms with Crippen molar-refractivity contribution < 1.29 is 4.79 Å². The van der Waals surface area contributed by atoms with Crippen LogP contribution in [0.5, 0.6) is 0 Å². The summed E-state index contributed by atoms with van der Waals surface area (Å²) in [6.45, 7) is 0.564. The third kappa shape index (κ3) is 0.898. The smallest absolute Gasteiger partial charge is 0.257 e. The first-order valence-corrected chi connectivity index (χ1v) is 3.97. The van der Waals surface area contributed by atoms with Crippen LogP contribution in [0.15, 0.2) is 12.3 Å². The van der Waals surface area contributed by atoms with Gasteiger partial charge in [-0.25, -0.2) is 0 Å². The van der Waals surface area contributed by atoms with E-state index in [4.69, 9.17) is 11.6 Å². The Morgan fingerprint density at radius 2 is 2.42 bits per heavy atom. The van der Waals surface area contributed by atoms with Gasteiger partial charge in [0, 0.05) is 13.2 Å². The highest BCUT2D eigenvalue weighted by atomic mass is 35.5. The Balaban J connectivity index is 2.62. The number of fused-ring (bicyclic) bond motifs is 1. The molecule has 1 aliphatic rings. The summed E-state index contributed by atoms with van der Waals surface area (Å²) in [5, 5.41) is 0.495. The average molecular weight is 183 g/mol. The molecule has 0 saturated heterocycles. The number of halogens is 1. The molecule has 1 aromatic heterocycles. The summed E-state index contributed by atoms with van der Waals surface area (Å²) in [4.78, 5) is 17.1. The molecule has 12 heavy (non-hydrogen) atoms. The zero-order valence-corrected chi connectivity index (χ0v) is 7.30. The lowest BCUT2D eigenvalue weighted by atomic mass is 10.2. The molecule has 0 aliphatic carbocycles. The number of rotatable bonds is 0. The zero-order chi connectivity index (χ0) is 8.72. The molecule has 1 aromatic rings. The zero-order valence-electron chi connectivity index (χ0n) is 6.54. The van der Waals surface area contributed by atoms with Gasteiger partial charge in [-0.2, -0.15) is 0 Å². The standard InChI is InChI=1S/C8H7ClN2O/c1-11-4-6-7(8(11)12)5(9)2-3-10-6/h2-3H,4H2,1H3. The highest BCUT2D eigenvalue weighted by Gasteiger charge is 2.27. The molecule has 62 valence electrons. The van der Waals surface area contributed by atoms with Crippen molar-refractivity contribution in [3.8, 4) is 0 Å². The van der Waals surface area contributed by atoms with Crippen molar-refractivity contribution in [2.24, 2.45) is 0 Å². The minimum Gasteiger partial charge on any atom is -0.336 e.